The van der Waals surface area contributed by atoms with Gasteiger partial charge in [-0.25, -0.2) is 4.98 Å². The lowest BCUT2D eigenvalue weighted by Gasteiger charge is -2.21. The first-order chi connectivity index (χ1) is 11.1. The van der Waals surface area contributed by atoms with Gasteiger partial charge in [-0.05, 0) is 44.4 Å². The van der Waals surface area contributed by atoms with E-state index in [-0.39, 0.29) is 0 Å². The van der Waals surface area contributed by atoms with Crippen LogP contribution in [0.3, 0.4) is 0 Å². The maximum atomic E-state index is 6.20. The highest BCUT2D eigenvalue weighted by atomic mass is 35.5. The molecule has 1 saturated heterocycles. The molecule has 1 fully saturated rings. The number of halogens is 1. The molecule has 0 aliphatic carbocycles. The molecule has 0 atom stereocenters. The summed E-state index contributed by atoms with van der Waals surface area (Å²) in [5.74, 6) is 1.64. The van der Waals surface area contributed by atoms with E-state index in [4.69, 9.17) is 16.6 Å². The van der Waals surface area contributed by atoms with Crippen molar-refractivity contribution in [3.8, 4) is 0 Å². The maximum absolute atomic E-state index is 6.20. The Morgan fingerprint density at radius 1 is 1.00 bits per heavy atom. The first kappa shape index (κ1) is 16.1. The normalized spacial score (nSPS) is 15.3. The van der Waals surface area contributed by atoms with Gasteiger partial charge in [0.15, 0.2) is 0 Å². The van der Waals surface area contributed by atoms with Crippen LogP contribution >= 0.6 is 11.6 Å². The molecule has 0 saturated carbocycles. The molecule has 0 spiro atoms. The zero-order chi connectivity index (χ0) is 16.2. The Labute approximate surface area is 142 Å². The third kappa shape index (κ3) is 4.14. The molecule has 2 aromatic rings. The van der Waals surface area contributed by atoms with Gasteiger partial charge in [0.05, 0.1) is 0 Å². The lowest BCUT2D eigenvalue weighted by molar-refractivity contribution is 0.726. The zero-order valence-electron chi connectivity index (χ0n) is 13.8. The average molecular weight is 331 g/mol. The van der Waals surface area contributed by atoms with Crippen molar-refractivity contribution in [3.63, 3.8) is 0 Å². The third-order valence-electron chi connectivity index (χ3n) is 4.18. The summed E-state index contributed by atoms with van der Waals surface area (Å²) in [4.78, 5) is 11.6. The number of nitrogens with one attached hydrogen (secondary N) is 1. The van der Waals surface area contributed by atoms with E-state index in [1.165, 1.54) is 25.7 Å². The summed E-state index contributed by atoms with van der Waals surface area (Å²) in [5, 5.41) is 4.10. The van der Waals surface area contributed by atoms with E-state index in [1.54, 1.807) is 0 Å². The molecule has 1 aliphatic rings. The van der Waals surface area contributed by atoms with Crippen LogP contribution in [-0.2, 0) is 0 Å². The molecule has 4 nitrogen and oxygen atoms in total. The van der Waals surface area contributed by atoms with E-state index < -0.39 is 0 Å². The Balaban J connectivity index is 1.83. The minimum absolute atomic E-state index is 0.758. The molecule has 1 N–H and O–H groups in total. The largest absolute Gasteiger partial charge is 0.341 e. The van der Waals surface area contributed by atoms with E-state index >= 15 is 0 Å². The van der Waals surface area contributed by atoms with Gasteiger partial charge in [0.25, 0.3) is 0 Å². The standard InChI is InChI=1S/C18H23ClN4/c1-13-7-8-15(12-16(13)19)21-17-11-14(2)20-18(22-17)23-9-5-3-4-6-10-23/h7-8,11-12H,3-6,9-10H2,1-2H3,(H,20,21,22). The first-order valence-electron chi connectivity index (χ1n) is 8.25. The maximum Gasteiger partial charge on any atom is 0.227 e. The van der Waals surface area contributed by atoms with E-state index in [2.05, 4.69) is 15.2 Å². The fourth-order valence-electron chi connectivity index (χ4n) is 2.85. The summed E-state index contributed by atoms with van der Waals surface area (Å²) in [6.07, 6.45) is 5.03. The fraction of sp³-hybridized carbons (Fsp3) is 0.444. The highest BCUT2D eigenvalue weighted by Gasteiger charge is 2.14. The summed E-state index contributed by atoms with van der Waals surface area (Å²) in [6.45, 7) is 6.09. The summed E-state index contributed by atoms with van der Waals surface area (Å²) in [5.41, 5.74) is 2.99. The predicted molar refractivity (Wildman–Crippen MR) is 96.9 cm³/mol. The number of hydrogen-bond donors (Lipinski definition) is 1. The van der Waals surface area contributed by atoms with Crippen molar-refractivity contribution in [1.29, 1.82) is 0 Å². The highest BCUT2D eigenvalue weighted by Crippen LogP contribution is 2.24. The van der Waals surface area contributed by atoms with Gasteiger partial charge < -0.3 is 10.2 Å². The van der Waals surface area contributed by atoms with Gasteiger partial charge in [-0.15, -0.1) is 0 Å². The number of benzene rings is 1. The van der Waals surface area contributed by atoms with Gasteiger partial charge in [0.2, 0.25) is 5.95 Å². The molecule has 1 aromatic carbocycles. The van der Waals surface area contributed by atoms with Crippen LogP contribution in [0.5, 0.6) is 0 Å². The van der Waals surface area contributed by atoms with Crippen LogP contribution in [0.1, 0.15) is 36.9 Å². The molecular formula is C18H23ClN4. The number of anilines is 3. The van der Waals surface area contributed by atoms with Crippen LogP contribution < -0.4 is 10.2 Å². The Hall–Kier alpha value is -1.81. The number of nitrogens with zero attached hydrogens (tertiary/aromatic N) is 3. The quantitative estimate of drug-likeness (QED) is 0.871. The number of aromatic nitrogens is 2. The van der Waals surface area contributed by atoms with Crippen LogP contribution in [0.2, 0.25) is 5.02 Å². The molecule has 0 amide bonds. The Morgan fingerprint density at radius 2 is 1.74 bits per heavy atom. The molecule has 0 unspecified atom stereocenters. The van der Waals surface area contributed by atoms with E-state index in [0.29, 0.717) is 0 Å². The summed E-state index contributed by atoms with van der Waals surface area (Å²) < 4.78 is 0. The van der Waals surface area contributed by atoms with E-state index in [9.17, 15) is 0 Å². The second-order valence-corrected chi connectivity index (χ2v) is 6.59. The predicted octanol–water partition coefficient (Wildman–Crippen LogP) is 4.87. The Morgan fingerprint density at radius 3 is 2.43 bits per heavy atom. The highest BCUT2D eigenvalue weighted by molar-refractivity contribution is 6.31. The van der Waals surface area contributed by atoms with E-state index in [1.807, 2.05) is 38.1 Å². The monoisotopic (exact) mass is 330 g/mol. The Bertz CT molecular complexity index is 679. The van der Waals surface area contributed by atoms with E-state index in [0.717, 1.165) is 46.8 Å². The molecule has 1 aromatic heterocycles. The molecule has 5 heteroatoms. The molecule has 0 radical (unpaired) electrons. The fourth-order valence-corrected chi connectivity index (χ4v) is 3.03. The molecule has 3 rings (SSSR count). The van der Waals surface area contributed by atoms with Gasteiger partial charge >= 0.3 is 0 Å². The zero-order valence-corrected chi connectivity index (χ0v) is 14.5. The van der Waals surface area contributed by atoms with Crippen molar-refractivity contribution < 1.29 is 0 Å². The van der Waals surface area contributed by atoms with Gasteiger partial charge in [-0.1, -0.05) is 30.5 Å². The third-order valence-corrected chi connectivity index (χ3v) is 4.58. The Kier molecular flexibility index (Phi) is 5.01. The summed E-state index contributed by atoms with van der Waals surface area (Å²) in [6, 6.07) is 7.92. The molecular weight excluding hydrogens is 308 g/mol. The van der Waals surface area contributed by atoms with Gasteiger partial charge in [-0.3, -0.25) is 0 Å². The molecule has 23 heavy (non-hydrogen) atoms. The lowest BCUT2D eigenvalue weighted by atomic mass is 10.2. The SMILES string of the molecule is Cc1cc(Nc2ccc(C)c(Cl)c2)nc(N2CCCCCC2)n1. The number of rotatable bonds is 3. The molecule has 122 valence electrons. The van der Waals surface area contributed by atoms with Crippen molar-refractivity contribution in [2.45, 2.75) is 39.5 Å². The van der Waals surface area contributed by atoms with Crippen molar-refractivity contribution in [3.05, 3.63) is 40.5 Å². The molecule has 1 aliphatic heterocycles. The summed E-state index contributed by atoms with van der Waals surface area (Å²) in [7, 11) is 0. The van der Waals surface area contributed by atoms with Crippen LogP contribution in [0.15, 0.2) is 24.3 Å². The summed E-state index contributed by atoms with van der Waals surface area (Å²) >= 11 is 6.20. The van der Waals surface area contributed by atoms with Gasteiger partial charge in [0.1, 0.15) is 5.82 Å². The second-order valence-electron chi connectivity index (χ2n) is 6.18. The topological polar surface area (TPSA) is 41.1 Å². The van der Waals surface area contributed by atoms with Crippen LogP contribution in [0, 0.1) is 13.8 Å². The van der Waals surface area contributed by atoms with Crippen molar-refractivity contribution in [2.75, 3.05) is 23.3 Å². The van der Waals surface area contributed by atoms with Gasteiger partial charge in [0, 0.05) is 35.6 Å². The van der Waals surface area contributed by atoms with Crippen molar-refractivity contribution >= 4 is 29.1 Å². The van der Waals surface area contributed by atoms with Crippen molar-refractivity contribution in [2.24, 2.45) is 0 Å². The second kappa shape index (κ2) is 7.18. The number of aryl methyl sites for hydroxylation is 2. The van der Waals surface area contributed by atoms with Crippen LogP contribution in [0.25, 0.3) is 0 Å². The first-order valence-corrected chi connectivity index (χ1v) is 8.63. The smallest absolute Gasteiger partial charge is 0.227 e. The minimum atomic E-state index is 0.758. The van der Waals surface area contributed by atoms with Crippen molar-refractivity contribution in [1.82, 2.24) is 9.97 Å². The molecule has 2 heterocycles. The average Bonchev–Trinajstić information content (AvgIpc) is 2.80. The van der Waals surface area contributed by atoms with Crippen LogP contribution in [-0.4, -0.2) is 23.1 Å². The lowest BCUT2D eigenvalue weighted by Crippen LogP contribution is -2.26. The van der Waals surface area contributed by atoms with Gasteiger partial charge in [-0.2, -0.15) is 4.98 Å². The minimum Gasteiger partial charge on any atom is -0.341 e. The number of hydrogen-bond acceptors (Lipinski definition) is 4. The van der Waals surface area contributed by atoms with Crippen LogP contribution in [0.4, 0.5) is 17.5 Å². The molecule has 0 bridgehead atoms.